The van der Waals surface area contributed by atoms with Crippen molar-refractivity contribution >= 4 is 23.3 Å². The summed E-state index contributed by atoms with van der Waals surface area (Å²) in [5.41, 5.74) is 4.17. The molecule has 3 aromatic rings. The number of anilines is 1. The first-order valence-electron chi connectivity index (χ1n) is 9.28. The van der Waals surface area contributed by atoms with Crippen molar-refractivity contribution in [3.63, 3.8) is 0 Å². The number of carbonyl (C=O) groups is 3. The van der Waals surface area contributed by atoms with Gasteiger partial charge in [0, 0.05) is 28.9 Å². The van der Waals surface area contributed by atoms with E-state index in [1.165, 1.54) is 12.5 Å². The van der Waals surface area contributed by atoms with E-state index in [1.807, 2.05) is 31.2 Å². The molecule has 0 unspecified atom stereocenters. The molecule has 0 aliphatic rings. The van der Waals surface area contributed by atoms with Gasteiger partial charge in [0.2, 0.25) is 0 Å². The molecule has 5 heteroatoms. The average molecular weight is 386 g/mol. The number of ketones is 1. The third kappa shape index (κ3) is 5.39. The molecule has 0 aliphatic carbocycles. The highest BCUT2D eigenvalue weighted by Crippen LogP contribution is 2.14. The SMILES string of the molecule is CC(=O)c1cccc(NC(=O)c2ccc(C(=O)NCc3ccc(C)cc3)cc2)c1. The van der Waals surface area contributed by atoms with E-state index in [2.05, 4.69) is 10.6 Å². The molecule has 0 heterocycles. The molecule has 29 heavy (non-hydrogen) atoms. The van der Waals surface area contributed by atoms with E-state index in [1.54, 1.807) is 48.5 Å². The fourth-order valence-corrected chi connectivity index (χ4v) is 2.78. The molecular weight excluding hydrogens is 364 g/mol. The van der Waals surface area contributed by atoms with Gasteiger partial charge in [-0.05, 0) is 55.8 Å². The molecule has 0 saturated heterocycles. The topological polar surface area (TPSA) is 75.3 Å². The van der Waals surface area contributed by atoms with Gasteiger partial charge < -0.3 is 10.6 Å². The number of nitrogens with one attached hydrogen (secondary N) is 2. The molecule has 5 nitrogen and oxygen atoms in total. The summed E-state index contributed by atoms with van der Waals surface area (Å²) >= 11 is 0. The number of hydrogen-bond acceptors (Lipinski definition) is 3. The van der Waals surface area contributed by atoms with Crippen LogP contribution in [0.3, 0.4) is 0 Å². The molecular formula is C24H22N2O3. The molecule has 2 amide bonds. The lowest BCUT2D eigenvalue weighted by Crippen LogP contribution is -2.23. The van der Waals surface area contributed by atoms with E-state index < -0.39 is 0 Å². The third-order valence-corrected chi connectivity index (χ3v) is 4.51. The lowest BCUT2D eigenvalue weighted by atomic mass is 10.1. The fourth-order valence-electron chi connectivity index (χ4n) is 2.78. The van der Waals surface area contributed by atoms with Crippen molar-refractivity contribution in [1.29, 1.82) is 0 Å². The molecule has 0 fully saturated rings. The first-order valence-corrected chi connectivity index (χ1v) is 9.28. The van der Waals surface area contributed by atoms with Gasteiger partial charge in [-0.1, -0.05) is 42.0 Å². The van der Waals surface area contributed by atoms with Crippen LogP contribution in [0.25, 0.3) is 0 Å². The maximum Gasteiger partial charge on any atom is 0.255 e. The van der Waals surface area contributed by atoms with Crippen LogP contribution < -0.4 is 10.6 Å². The molecule has 0 radical (unpaired) electrons. The smallest absolute Gasteiger partial charge is 0.255 e. The van der Waals surface area contributed by atoms with Crippen molar-refractivity contribution in [3.05, 3.63) is 101 Å². The number of aryl methyl sites for hydroxylation is 1. The minimum Gasteiger partial charge on any atom is -0.348 e. The number of benzene rings is 3. The molecule has 0 bridgehead atoms. The van der Waals surface area contributed by atoms with Gasteiger partial charge in [0.1, 0.15) is 0 Å². The molecule has 0 atom stereocenters. The maximum absolute atomic E-state index is 12.4. The average Bonchev–Trinajstić information content (AvgIpc) is 2.73. The minimum absolute atomic E-state index is 0.0675. The predicted octanol–water partition coefficient (Wildman–Crippen LogP) is 4.38. The summed E-state index contributed by atoms with van der Waals surface area (Å²) in [4.78, 5) is 36.2. The Balaban J connectivity index is 1.60. The summed E-state index contributed by atoms with van der Waals surface area (Å²) in [6, 6.07) is 21.2. The van der Waals surface area contributed by atoms with Crippen LogP contribution in [0.4, 0.5) is 5.69 Å². The molecule has 0 aliphatic heterocycles. The molecule has 0 spiro atoms. The molecule has 0 saturated carbocycles. The van der Waals surface area contributed by atoms with Gasteiger partial charge in [-0.3, -0.25) is 14.4 Å². The highest BCUT2D eigenvalue weighted by molar-refractivity contribution is 6.05. The molecule has 3 aromatic carbocycles. The zero-order valence-corrected chi connectivity index (χ0v) is 16.4. The number of Topliss-reactive ketones (excluding diaryl/α,β-unsaturated/α-hetero) is 1. The lowest BCUT2D eigenvalue weighted by molar-refractivity contribution is 0.0948. The van der Waals surface area contributed by atoms with Gasteiger partial charge in [0.05, 0.1) is 0 Å². The van der Waals surface area contributed by atoms with E-state index >= 15 is 0 Å². The van der Waals surface area contributed by atoms with E-state index in [0.717, 1.165) is 5.56 Å². The second-order valence-electron chi connectivity index (χ2n) is 6.84. The Kier molecular flexibility index (Phi) is 6.19. The van der Waals surface area contributed by atoms with Crippen LogP contribution in [-0.2, 0) is 6.54 Å². The van der Waals surface area contributed by atoms with E-state index in [-0.39, 0.29) is 17.6 Å². The Morgan fingerprint density at radius 1 is 0.759 bits per heavy atom. The van der Waals surface area contributed by atoms with Crippen molar-refractivity contribution in [2.45, 2.75) is 20.4 Å². The summed E-state index contributed by atoms with van der Waals surface area (Å²) in [5.74, 6) is -0.578. The van der Waals surface area contributed by atoms with E-state index in [9.17, 15) is 14.4 Å². The van der Waals surface area contributed by atoms with Gasteiger partial charge in [0.15, 0.2) is 5.78 Å². The monoisotopic (exact) mass is 386 g/mol. The zero-order chi connectivity index (χ0) is 20.8. The molecule has 3 rings (SSSR count). The minimum atomic E-state index is -0.308. The molecule has 2 N–H and O–H groups in total. The summed E-state index contributed by atoms with van der Waals surface area (Å²) in [6.07, 6.45) is 0. The van der Waals surface area contributed by atoms with Crippen LogP contribution in [0.15, 0.2) is 72.8 Å². The van der Waals surface area contributed by atoms with Gasteiger partial charge in [-0.15, -0.1) is 0 Å². The first kappa shape index (κ1) is 20.0. The van der Waals surface area contributed by atoms with Crippen LogP contribution in [0, 0.1) is 6.92 Å². The van der Waals surface area contributed by atoms with E-state index in [4.69, 9.17) is 0 Å². The van der Waals surface area contributed by atoms with Crippen LogP contribution in [-0.4, -0.2) is 17.6 Å². The third-order valence-electron chi connectivity index (χ3n) is 4.51. The largest absolute Gasteiger partial charge is 0.348 e. The summed E-state index contributed by atoms with van der Waals surface area (Å²) in [7, 11) is 0. The Labute approximate surface area is 169 Å². The number of amides is 2. The fraction of sp³-hybridized carbons (Fsp3) is 0.125. The van der Waals surface area contributed by atoms with Crippen molar-refractivity contribution in [2.75, 3.05) is 5.32 Å². The van der Waals surface area contributed by atoms with Gasteiger partial charge >= 0.3 is 0 Å². The standard InChI is InChI=1S/C24H22N2O3/c1-16-6-8-18(9-7-16)15-25-23(28)19-10-12-20(13-11-19)24(29)26-22-5-3-4-21(14-22)17(2)27/h3-14H,15H2,1-2H3,(H,25,28)(H,26,29). The van der Waals surface area contributed by atoms with Gasteiger partial charge in [0.25, 0.3) is 11.8 Å². The van der Waals surface area contributed by atoms with E-state index in [0.29, 0.717) is 28.9 Å². The second-order valence-corrected chi connectivity index (χ2v) is 6.84. The molecule has 0 aromatic heterocycles. The van der Waals surface area contributed by atoms with Crippen molar-refractivity contribution < 1.29 is 14.4 Å². The van der Waals surface area contributed by atoms with Crippen LogP contribution in [0.1, 0.15) is 49.1 Å². The number of rotatable bonds is 6. The molecule has 146 valence electrons. The lowest BCUT2D eigenvalue weighted by Gasteiger charge is -2.08. The first-order chi connectivity index (χ1) is 13.9. The Hall–Kier alpha value is -3.73. The van der Waals surface area contributed by atoms with Crippen molar-refractivity contribution in [3.8, 4) is 0 Å². The van der Waals surface area contributed by atoms with Crippen LogP contribution in [0.5, 0.6) is 0 Å². The quantitative estimate of drug-likeness (QED) is 0.618. The van der Waals surface area contributed by atoms with Gasteiger partial charge in [-0.25, -0.2) is 0 Å². The second kappa shape index (κ2) is 8.97. The Bertz CT molecular complexity index is 1040. The predicted molar refractivity (Wildman–Crippen MR) is 113 cm³/mol. The summed E-state index contributed by atoms with van der Waals surface area (Å²) < 4.78 is 0. The van der Waals surface area contributed by atoms with Crippen molar-refractivity contribution in [1.82, 2.24) is 5.32 Å². The highest BCUT2D eigenvalue weighted by Gasteiger charge is 2.10. The Morgan fingerprint density at radius 2 is 1.38 bits per heavy atom. The normalized spacial score (nSPS) is 10.3. The maximum atomic E-state index is 12.4. The summed E-state index contributed by atoms with van der Waals surface area (Å²) in [5, 5.41) is 5.63. The van der Waals surface area contributed by atoms with Crippen LogP contribution in [0.2, 0.25) is 0 Å². The highest BCUT2D eigenvalue weighted by atomic mass is 16.2. The number of carbonyl (C=O) groups excluding carboxylic acids is 3. The van der Waals surface area contributed by atoms with Gasteiger partial charge in [-0.2, -0.15) is 0 Å². The Morgan fingerprint density at radius 3 is 2.00 bits per heavy atom. The van der Waals surface area contributed by atoms with Crippen LogP contribution >= 0.6 is 0 Å². The number of hydrogen-bond donors (Lipinski definition) is 2. The zero-order valence-electron chi connectivity index (χ0n) is 16.4. The summed E-state index contributed by atoms with van der Waals surface area (Å²) in [6.45, 7) is 3.93. The van der Waals surface area contributed by atoms with Crippen molar-refractivity contribution in [2.24, 2.45) is 0 Å².